The van der Waals surface area contributed by atoms with Gasteiger partial charge in [-0.3, -0.25) is 4.79 Å². The minimum atomic E-state index is -3.43. The molecule has 1 unspecified atom stereocenters. The number of methoxy groups -OCH3 is 1. The summed E-state index contributed by atoms with van der Waals surface area (Å²) in [5, 5.41) is 34.3. The van der Waals surface area contributed by atoms with E-state index in [1.807, 2.05) is 0 Å². The SMILES string of the molecule is CCCCCCCCCCCCCCCC(C(=O)[O-])C(C(=O)[O-])(C(=O)[O-])C(=O)OC. The van der Waals surface area contributed by atoms with Gasteiger partial charge < -0.3 is 34.4 Å². The zero-order chi connectivity index (χ0) is 23.0. The quantitative estimate of drug-likeness (QED) is 0.164. The molecule has 0 saturated heterocycles. The van der Waals surface area contributed by atoms with Crippen LogP contribution in [0.1, 0.15) is 96.8 Å². The van der Waals surface area contributed by atoms with Crippen LogP contribution >= 0.6 is 0 Å². The van der Waals surface area contributed by atoms with Crippen molar-refractivity contribution in [2.75, 3.05) is 7.11 Å². The molecule has 8 nitrogen and oxygen atoms in total. The molecule has 8 heteroatoms. The largest absolute Gasteiger partial charge is 0.550 e. The van der Waals surface area contributed by atoms with E-state index in [1.165, 1.54) is 44.9 Å². The molecule has 1 atom stereocenters. The zero-order valence-electron chi connectivity index (χ0n) is 18.2. The number of carboxylic acid groups (broad SMARTS) is 3. The van der Waals surface area contributed by atoms with Gasteiger partial charge >= 0.3 is 5.97 Å². The van der Waals surface area contributed by atoms with Gasteiger partial charge in [-0.25, -0.2) is 0 Å². The molecule has 0 aliphatic heterocycles. The predicted molar refractivity (Wildman–Crippen MR) is 103 cm³/mol. The van der Waals surface area contributed by atoms with Crippen LogP contribution in [-0.2, 0) is 23.9 Å². The molecule has 0 aliphatic rings. The Labute approximate surface area is 179 Å². The molecule has 0 aromatic carbocycles. The number of hydrogen-bond acceptors (Lipinski definition) is 8. The van der Waals surface area contributed by atoms with Crippen molar-refractivity contribution in [2.45, 2.75) is 96.8 Å². The van der Waals surface area contributed by atoms with E-state index in [4.69, 9.17) is 0 Å². The van der Waals surface area contributed by atoms with Gasteiger partial charge in [0.1, 0.15) is 0 Å². The van der Waals surface area contributed by atoms with E-state index in [9.17, 15) is 34.5 Å². The number of carbonyl (C=O) groups excluding carboxylic acids is 4. The fourth-order valence-corrected chi connectivity index (χ4v) is 3.72. The lowest BCUT2D eigenvalue weighted by Gasteiger charge is -2.40. The number of carbonyl (C=O) groups is 4. The van der Waals surface area contributed by atoms with E-state index in [2.05, 4.69) is 11.7 Å². The highest BCUT2D eigenvalue weighted by Gasteiger charge is 2.50. The maximum Gasteiger partial charge on any atom is 0.324 e. The molecule has 0 aliphatic carbocycles. The zero-order valence-corrected chi connectivity index (χ0v) is 18.2. The first-order chi connectivity index (χ1) is 14.3. The summed E-state index contributed by atoms with van der Waals surface area (Å²) >= 11 is 0. The fourth-order valence-electron chi connectivity index (χ4n) is 3.72. The Balaban J connectivity index is 4.35. The minimum absolute atomic E-state index is 0.232. The Bertz CT molecular complexity index is 529. The van der Waals surface area contributed by atoms with Crippen molar-refractivity contribution in [1.29, 1.82) is 0 Å². The Hall–Kier alpha value is -2.12. The molecule has 174 valence electrons. The van der Waals surface area contributed by atoms with Crippen molar-refractivity contribution < 1.29 is 39.2 Å². The Morgan fingerprint density at radius 3 is 1.37 bits per heavy atom. The predicted octanol–water partition coefficient (Wildman–Crippen LogP) is 0.493. The standard InChI is InChI=1S/C22H38O8/c1-3-4-5-6-7-8-9-10-11-12-13-14-15-16-17(18(23)24)22(19(25)26,20(27)28)21(29)30-2/h17H,3-16H2,1-2H3,(H,23,24)(H,25,26)(H,27,28)/p-3. The minimum Gasteiger partial charge on any atom is -0.550 e. The number of ether oxygens (including phenoxy) is 1. The number of esters is 1. The van der Waals surface area contributed by atoms with Gasteiger partial charge in [0.2, 0.25) is 0 Å². The maximum atomic E-state index is 11.8. The van der Waals surface area contributed by atoms with E-state index < -0.39 is 35.2 Å². The maximum absolute atomic E-state index is 11.8. The Morgan fingerprint density at radius 1 is 0.700 bits per heavy atom. The van der Waals surface area contributed by atoms with Crippen LogP contribution in [0.5, 0.6) is 0 Å². The van der Waals surface area contributed by atoms with E-state index >= 15 is 0 Å². The number of hydrogen-bond donors (Lipinski definition) is 0. The molecule has 30 heavy (non-hydrogen) atoms. The van der Waals surface area contributed by atoms with Gasteiger partial charge in [-0.1, -0.05) is 90.4 Å². The molecule has 0 rings (SSSR count). The fraction of sp³-hybridized carbons (Fsp3) is 0.818. The first kappa shape index (κ1) is 27.9. The van der Waals surface area contributed by atoms with Gasteiger partial charge in [0.25, 0.3) is 0 Å². The molecule has 0 aromatic rings. The first-order valence-electron chi connectivity index (χ1n) is 11.0. The molecule has 0 bridgehead atoms. The Morgan fingerprint density at radius 2 is 1.07 bits per heavy atom. The van der Waals surface area contributed by atoms with Crippen LogP contribution in [0.4, 0.5) is 0 Å². The van der Waals surface area contributed by atoms with E-state index in [0.29, 0.717) is 6.42 Å². The van der Waals surface area contributed by atoms with Crippen molar-refractivity contribution in [2.24, 2.45) is 11.3 Å². The van der Waals surface area contributed by atoms with E-state index in [-0.39, 0.29) is 12.8 Å². The van der Waals surface area contributed by atoms with Crippen molar-refractivity contribution in [3.8, 4) is 0 Å². The normalized spacial score (nSPS) is 12.3. The topological polar surface area (TPSA) is 147 Å². The summed E-state index contributed by atoms with van der Waals surface area (Å²) in [6.45, 7) is 2.20. The summed E-state index contributed by atoms with van der Waals surface area (Å²) in [6, 6.07) is 0. The third-order valence-electron chi connectivity index (χ3n) is 5.55. The highest BCUT2D eigenvalue weighted by atomic mass is 16.5. The molecule has 0 aromatic heterocycles. The van der Waals surface area contributed by atoms with Crippen LogP contribution in [0.3, 0.4) is 0 Å². The average Bonchev–Trinajstić information content (AvgIpc) is 2.69. The number of rotatable bonds is 19. The van der Waals surface area contributed by atoms with Gasteiger partial charge in [-0.2, -0.15) is 0 Å². The van der Waals surface area contributed by atoms with Crippen LogP contribution in [0.25, 0.3) is 0 Å². The third kappa shape index (κ3) is 8.71. The summed E-state index contributed by atoms with van der Waals surface area (Å²) in [6.07, 6.45) is 13.2. The second-order valence-corrected chi connectivity index (χ2v) is 7.78. The summed E-state index contributed by atoms with van der Waals surface area (Å²) in [5.41, 5.74) is -3.43. The highest BCUT2D eigenvalue weighted by Crippen LogP contribution is 2.33. The smallest absolute Gasteiger partial charge is 0.324 e. The Kier molecular flexibility index (Phi) is 14.6. The van der Waals surface area contributed by atoms with Crippen LogP contribution in [0.2, 0.25) is 0 Å². The molecule has 0 saturated carbocycles. The van der Waals surface area contributed by atoms with E-state index in [1.54, 1.807) is 0 Å². The summed E-state index contributed by atoms with van der Waals surface area (Å²) in [4.78, 5) is 46.1. The van der Waals surface area contributed by atoms with Crippen molar-refractivity contribution in [3.63, 3.8) is 0 Å². The van der Waals surface area contributed by atoms with E-state index in [0.717, 1.165) is 32.8 Å². The summed E-state index contributed by atoms with van der Waals surface area (Å²) in [7, 11) is 0.764. The lowest BCUT2D eigenvalue weighted by molar-refractivity contribution is -0.353. The van der Waals surface area contributed by atoms with Crippen LogP contribution in [0.15, 0.2) is 0 Å². The molecule has 0 heterocycles. The molecule has 0 N–H and O–H groups in total. The molecule has 0 fully saturated rings. The second-order valence-electron chi connectivity index (χ2n) is 7.78. The lowest BCUT2D eigenvalue weighted by atomic mass is 9.72. The molecular formula is C22H35O8-3. The van der Waals surface area contributed by atoms with Crippen LogP contribution in [-0.4, -0.2) is 31.0 Å². The van der Waals surface area contributed by atoms with Crippen LogP contribution < -0.4 is 15.3 Å². The van der Waals surface area contributed by atoms with Gasteiger partial charge in [-0.15, -0.1) is 0 Å². The lowest BCUT2D eigenvalue weighted by Crippen LogP contribution is -2.65. The molecular weight excluding hydrogens is 392 g/mol. The first-order valence-corrected chi connectivity index (χ1v) is 11.0. The highest BCUT2D eigenvalue weighted by molar-refractivity contribution is 6.18. The number of aliphatic carboxylic acids is 3. The van der Waals surface area contributed by atoms with Crippen molar-refractivity contribution >= 4 is 23.9 Å². The monoisotopic (exact) mass is 427 g/mol. The van der Waals surface area contributed by atoms with Gasteiger partial charge in [0.15, 0.2) is 5.41 Å². The van der Waals surface area contributed by atoms with Crippen LogP contribution in [0, 0.1) is 11.3 Å². The van der Waals surface area contributed by atoms with Crippen molar-refractivity contribution in [1.82, 2.24) is 0 Å². The number of unbranched alkanes of at least 4 members (excludes halogenated alkanes) is 12. The van der Waals surface area contributed by atoms with Gasteiger partial charge in [-0.05, 0) is 6.42 Å². The summed E-state index contributed by atoms with van der Waals surface area (Å²) in [5.74, 6) is -10.6. The number of carboxylic acids is 3. The third-order valence-corrected chi connectivity index (χ3v) is 5.55. The molecule has 0 amide bonds. The van der Waals surface area contributed by atoms with Gasteiger partial charge in [0, 0.05) is 11.9 Å². The van der Waals surface area contributed by atoms with Gasteiger partial charge in [0.05, 0.1) is 19.0 Å². The summed E-state index contributed by atoms with van der Waals surface area (Å²) < 4.78 is 4.22. The molecule has 0 spiro atoms. The average molecular weight is 428 g/mol. The molecule has 0 radical (unpaired) electrons. The second kappa shape index (κ2) is 15.7. The van der Waals surface area contributed by atoms with Crippen molar-refractivity contribution in [3.05, 3.63) is 0 Å².